The molecule has 28 heavy (non-hydrogen) atoms. The summed E-state index contributed by atoms with van der Waals surface area (Å²) in [6.45, 7) is 1.07. The maximum absolute atomic E-state index is 12.5. The summed E-state index contributed by atoms with van der Waals surface area (Å²) in [5.41, 5.74) is 1.73. The molecule has 0 saturated carbocycles. The van der Waals surface area contributed by atoms with Gasteiger partial charge < -0.3 is 19.5 Å². The van der Waals surface area contributed by atoms with Gasteiger partial charge in [-0.2, -0.15) is 13.8 Å². The largest absolute Gasteiger partial charge is 0.496 e. The molecule has 154 valence electrons. The predicted octanol–water partition coefficient (Wildman–Crippen LogP) is 4.75. The normalized spacial score (nSPS) is 12.0. The summed E-state index contributed by atoms with van der Waals surface area (Å²) in [6.07, 6.45) is 1.46. The van der Waals surface area contributed by atoms with Crippen molar-refractivity contribution >= 4 is 17.4 Å². The molecule has 1 aromatic carbocycles. The van der Waals surface area contributed by atoms with Crippen molar-refractivity contribution in [3.05, 3.63) is 23.9 Å². The molecule has 2 rings (SSSR count). The Labute approximate surface area is 168 Å². The van der Waals surface area contributed by atoms with E-state index in [1.807, 2.05) is 13.8 Å². The maximum Gasteiger partial charge on any atom is 0.387 e. The Hall–Kier alpha value is -2.35. The van der Waals surface area contributed by atoms with E-state index in [1.54, 1.807) is 6.07 Å². The van der Waals surface area contributed by atoms with Crippen molar-refractivity contribution in [3.63, 3.8) is 0 Å². The van der Waals surface area contributed by atoms with Crippen molar-refractivity contribution in [2.45, 2.75) is 39.3 Å². The fourth-order valence-electron chi connectivity index (χ4n) is 2.62. The van der Waals surface area contributed by atoms with E-state index in [4.69, 9.17) is 26.1 Å². The molecular weight excluding hydrogens is 392 g/mol. The average Bonchev–Trinajstić information content (AvgIpc) is 2.70. The fourth-order valence-corrected chi connectivity index (χ4v) is 2.92. The Morgan fingerprint density at radius 3 is 2.43 bits per heavy atom. The van der Waals surface area contributed by atoms with Crippen LogP contribution < -0.4 is 19.5 Å². The van der Waals surface area contributed by atoms with Crippen molar-refractivity contribution in [3.8, 4) is 28.6 Å². The second kappa shape index (κ2) is 10.3. The van der Waals surface area contributed by atoms with E-state index >= 15 is 0 Å². The number of hydrogen-bond donors (Lipinski definition) is 1. The highest BCUT2D eigenvalue weighted by Crippen LogP contribution is 2.38. The molecule has 1 unspecified atom stereocenters. The molecule has 0 saturated heterocycles. The molecule has 0 aliphatic carbocycles. The zero-order valence-corrected chi connectivity index (χ0v) is 17.0. The van der Waals surface area contributed by atoms with Crippen LogP contribution >= 0.6 is 11.6 Å². The van der Waals surface area contributed by atoms with Gasteiger partial charge in [0.15, 0.2) is 5.82 Å². The molecule has 1 aromatic heterocycles. The van der Waals surface area contributed by atoms with Crippen LogP contribution in [-0.2, 0) is 6.42 Å². The Morgan fingerprint density at radius 1 is 1.14 bits per heavy atom. The highest BCUT2D eigenvalue weighted by Gasteiger charge is 2.20. The Morgan fingerprint density at radius 2 is 1.89 bits per heavy atom. The van der Waals surface area contributed by atoms with Crippen LogP contribution in [-0.4, -0.2) is 42.7 Å². The zero-order valence-electron chi connectivity index (χ0n) is 16.3. The van der Waals surface area contributed by atoms with Gasteiger partial charge >= 0.3 is 6.61 Å². The van der Waals surface area contributed by atoms with E-state index in [1.165, 1.54) is 26.4 Å². The number of alkyl halides is 3. The third-order valence-corrected chi connectivity index (χ3v) is 4.51. The quantitative estimate of drug-likeness (QED) is 0.565. The highest BCUT2D eigenvalue weighted by atomic mass is 35.5. The Kier molecular flexibility index (Phi) is 8.04. The summed E-state index contributed by atoms with van der Waals surface area (Å²) in [5.74, 6) is 1.63. The van der Waals surface area contributed by atoms with Gasteiger partial charge in [0.2, 0.25) is 5.88 Å². The summed E-state index contributed by atoms with van der Waals surface area (Å²) >= 11 is 5.98. The number of aromatic nitrogens is 2. The second-order valence-electron chi connectivity index (χ2n) is 5.87. The van der Waals surface area contributed by atoms with Crippen LogP contribution in [0.3, 0.4) is 0 Å². The van der Waals surface area contributed by atoms with Crippen LogP contribution in [0.1, 0.15) is 26.0 Å². The number of rotatable bonds is 10. The number of nitrogens with one attached hydrogen (secondary N) is 1. The van der Waals surface area contributed by atoms with Crippen LogP contribution in [0.5, 0.6) is 17.4 Å². The van der Waals surface area contributed by atoms with Gasteiger partial charge in [0.1, 0.15) is 17.2 Å². The lowest BCUT2D eigenvalue weighted by molar-refractivity contribution is -0.0499. The molecule has 0 aliphatic rings. The van der Waals surface area contributed by atoms with Crippen molar-refractivity contribution < 1.29 is 23.0 Å². The first-order chi connectivity index (χ1) is 13.5. The lowest BCUT2D eigenvalue weighted by Gasteiger charge is -2.19. The molecule has 1 N–H and O–H groups in total. The SMILES string of the molecule is CCc1nc(-c2ccc(OC(F)F)cc2OC)c(OC)nc1NC(CC)CCl. The van der Waals surface area contributed by atoms with Crippen LogP contribution in [0.4, 0.5) is 14.6 Å². The summed E-state index contributed by atoms with van der Waals surface area (Å²) in [6, 6.07) is 4.44. The van der Waals surface area contributed by atoms with E-state index in [0.29, 0.717) is 35.1 Å². The molecule has 6 nitrogen and oxygen atoms in total. The van der Waals surface area contributed by atoms with Crippen molar-refractivity contribution in [2.75, 3.05) is 25.4 Å². The molecule has 2 aromatic rings. The van der Waals surface area contributed by atoms with Gasteiger partial charge in [0.25, 0.3) is 0 Å². The summed E-state index contributed by atoms with van der Waals surface area (Å²) in [4.78, 5) is 9.25. The third kappa shape index (κ3) is 5.13. The molecule has 9 heteroatoms. The van der Waals surface area contributed by atoms with E-state index in [9.17, 15) is 8.78 Å². The zero-order chi connectivity index (χ0) is 20.7. The van der Waals surface area contributed by atoms with Gasteiger partial charge in [-0.15, -0.1) is 11.6 Å². The first-order valence-electron chi connectivity index (χ1n) is 8.87. The predicted molar refractivity (Wildman–Crippen MR) is 105 cm³/mol. The first-order valence-corrected chi connectivity index (χ1v) is 9.41. The number of aryl methyl sites for hydroxylation is 1. The van der Waals surface area contributed by atoms with E-state index < -0.39 is 6.61 Å². The lowest BCUT2D eigenvalue weighted by atomic mass is 10.1. The summed E-state index contributed by atoms with van der Waals surface area (Å²) in [7, 11) is 2.93. The number of anilines is 1. The molecule has 0 aliphatic heterocycles. The average molecular weight is 416 g/mol. The number of ether oxygens (including phenoxy) is 3. The monoisotopic (exact) mass is 415 g/mol. The molecule has 1 heterocycles. The number of nitrogens with zero attached hydrogens (tertiary/aromatic N) is 2. The number of methoxy groups -OCH3 is 2. The summed E-state index contributed by atoms with van der Waals surface area (Å²) < 4.78 is 40.2. The van der Waals surface area contributed by atoms with Gasteiger partial charge in [-0.05, 0) is 25.0 Å². The Bertz CT molecular complexity index is 789. The van der Waals surface area contributed by atoms with E-state index in [0.717, 1.165) is 12.1 Å². The highest BCUT2D eigenvalue weighted by molar-refractivity contribution is 6.18. The molecule has 0 radical (unpaired) electrons. The van der Waals surface area contributed by atoms with Crippen LogP contribution in [0.25, 0.3) is 11.3 Å². The maximum atomic E-state index is 12.5. The van der Waals surface area contributed by atoms with Crippen molar-refractivity contribution in [2.24, 2.45) is 0 Å². The van der Waals surface area contributed by atoms with E-state index in [2.05, 4.69) is 15.0 Å². The van der Waals surface area contributed by atoms with Gasteiger partial charge in [0, 0.05) is 23.6 Å². The molecule has 0 fully saturated rings. The number of hydrogen-bond acceptors (Lipinski definition) is 6. The standard InChI is InChI=1S/C19H24ClF2N3O3/c1-5-11(10-20)23-17-14(6-2)24-16(18(25-17)27-4)13-8-7-12(28-19(21)22)9-15(13)26-3/h7-9,11,19H,5-6,10H2,1-4H3,(H,23,25). The molecular formula is C19H24ClF2N3O3. The summed E-state index contributed by atoms with van der Waals surface area (Å²) in [5, 5.41) is 3.29. The van der Waals surface area contributed by atoms with Crippen LogP contribution in [0.2, 0.25) is 0 Å². The van der Waals surface area contributed by atoms with Gasteiger partial charge in [-0.3, -0.25) is 0 Å². The Balaban J connectivity index is 2.53. The van der Waals surface area contributed by atoms with Gasteiger partial charge in [-0.25, -0.2) is 4.98 Å². The minimum atomic E-state index is -2.92. The van der Waals surface area contributed by atoms with Crippen LogP contribution in [0.15, 0.2) is 18.2 Å². The lowest BCUT2D eigenvalue weighted by Crippen LogP contribution is -2.22. The molecule has 0 amide bonds. The fraction of sp³-hybridized carbons (Fsp3) is 0.474. The molecule has 0 bridgehead atoms. The van der Waals surface area contributed by atoms with Crippen LogP contribution in [0, 0.1) is 0 Å². The topological polar surface area (TPSA) is 65.5 Å². The van der Waals surface area contributed by atoms with Crippen molar-refractivity contribution in [1.29, 1.82) is 0 Å². The first kappa shape index (κ1) is 21.9. The second-order valence-corrected chi connectivity index (χ2v) is 6.18. The minimum Gasteiger partial charge on any atom is -0.496 e. The molecule has 0 spiro atoms. The minimum absolute atomic E-state index is 0.00979. The number of benzene rings is 1. The van der Waals surface area contributed by atoms with Gasteiger partial charge in [-0.1, -0.05) is 13.8 Å². The third-order valence-electron chi connectivity index (χ3n) is 4.14. The number of halogens is 3. The molecule has 1 atom stereocenters. The van der Waals surface area contributed by atoms with E-state index in [-0.39, 0.29) is 17.7 Å². The van der Waals surface area contributed by atoms with Gasteiger partial charge in [0.05, 0.1) is 19.9 Å². The van der Waals surface area contributed by atoms with Crippen molar-refractivity contribution in [1.82, 2.24) is 9.97 Å². The smallest absolute Gasteiger partial charge is 0.387 e.